The van der Waals surface area contributed by atoms with Gasteiger partial charge in [-0.2, -0.15) is 0 Å². The zero-order valence-corrected chi connectivity index (χ0v) is 27.6. The van der Waals surface area contributed by atoms with Crippen LogP contribution in [-0.2, 0) is 10.8 Å². The van der Waals surface area contributed by atoms with E-state index < -0.39 is 10.8 Å². The summed E-state index contributed by atoms with van der Waals surface area (Å²) in [5.41, 5.74) is 1.35. The lowest BCUT2D eigenvalue weighted by molar-refractivity contribution is 0.109. The highest BCUT2D eigenvalue weighted by atomic mass is 16.5. The Morgan fingerprint density at radius 3 is 1.26 bits per heavy atom. The Morgan fingerprint density at radius 2 is 0.913 bits per heavy atom. The summed E-state index contributed by atoms with van der Waals surface area (Å²) >= 11 is 0. The van der Waals surface area contributed by atoms with Gasteiger partial charge >= 0.3 is 0 Å². The highest BCUT2D eigenvalue weighted by molar-refractivity contribution is 5.51. The van der Waals surface area contributed by atoms with Crippen molar-refractivity contribution < 1.29 is 29.2 Å². The Hall–Kier alpha value is -3.32. The van der Waals surface area contributed by atoms with E-state index in [-0.39, 0.29) is 24.4 Å². The molecule has 6 nitrogen and oxygen atoms in total. The zero-order valence-electron chi connectivity index (χ0n) is 27.6. The minimum absolute atomic E-state index is 0.220. The molecule has 2 N–H and O–H groups in total. The van der Waals surface area contributed by atoms with Gasteiger partial charge in [0.2, 0.25) is 0 Å². The number of methoxy groups -OCH3 is 2. The molecule has 0 saturated heterocycles. The fourth-order valence-corrected chi connectivity index (χ4v) is 7.97. The van der Waals surface area contributed by atoms with E-state index in [1.807, 2.05) is 12.1 Å². The van der Waals surface area contributed by atoms with Crippen LogP contribution < -0.4 is 18.9 Å². The van der Waals surface area contributed by atoms with Crippen LogP contribution in [0.1, 0.15) is 114 Å². The van der Waals surface area contributed by atoms with E-state index in [9.17, 15) is 10.2 Å². The number of hydrogen-bond acceptors (Lipinski definition) is 6. The Bertz CT molecular complexity index is 1330. The molecule has 0 amide bonds. The fourth-order valence-electron chi connectivity index (χ4n) is 7.97. The quantitative estimate of drug-likeness (QED) is 0.298. The van der Waals surface area contributed by atoms with Gasteiger partial charge in [-0.15, -0.1) is 0 Å². The second kappa shape index (κ2) is 14.6. The number of hydrogen-bond donors (Lipinski definition) is 2. The number of benzene rings is 2. The smallest absolute Gasteiger partial charge is 0.161 e. The molecule has 4 aliphatic rings. The number of ether oxygens (including phenoxy) is 4. The average Bonchev–Trinajstić information content (AvgIpc) is 3.80. The monoisotopic (exact) mass is 626 g/mol. The highest BCUT2D eigenvalue weighted by Crippen LogP contribution is 2.44. The first-order valence-electron chi connectivity index (χ1n) is 17.5. The third-order valence-corrected chi connectivity index (χ3v) is 10.9. The van der Waals surface area contributed by atoms with E-state index in [1.54, 1.807) is 14.2 Å². The van der Waals surface area contributed by atoms with Crippen molar-refractivity contribution in [3.63, 3.8) is 0 Å². The van der Waals surface area contributed by atoms with Gasteiger partial charge in [-0.25, -0.2) is 0 Å². The van der Waals surface area contributed by atoms with Crippen LogP contribution in [0.4, 0.5) is 0 Å². The molecule has 0 aliphatic heterocycles. The second-order valence-electron chi connectivity index (χ2n) is 13.9. The van der Waals surface area contributed by atoms with E-state index >= 15 is 0 Å². The van der Waals surface area contributed by atoms with Gasteiger partial charge in [0, 0.05) is 0 Å². The average molecular weight is 627 g/mol. The van der Waals surface area contributed by atoms with Crippen LogP contribution in [0.15, 0.2) is 36.4 Å². The van der Waals surface area contributed by atoms with Crippen molar-refractivity contribution in [2.24, 2.45) is 0 Å². The normalized spacial score (nSPS) is 28.4. The Morgan fingerprint density at radius 1 is 0.543 bits per heavy atom. The van der Waals surface area contributed by atoms with Crippen LogP contribution in [0.2, 0.25) is 0 Å². The molecule has 246 valence electrons. The van der Waals surface area contributed by atoms with Crippen molar-refractivity contribution in [3.05, 3.63) is 47.5 Å². The second-order valence-corrected chi connectivity index (χ2v) is 13.9. The third-order valence-electron chi connectivity index (χ3n) is 10.9. The zero-order chi connectivity index (χ0) is 32.0. The van der Waals surface area contributed by atoms with Crippen LogP contribution in [-0.4, -0.2) is 48.8 Å². The molecule has 4 fully saturated rings. The van der Waals surface area contributed by atoms with Crippen molar-refractivity contribution in [3.8, 4) is 46.7 Å². The summed E-state index contributed by atoms with van der Waals surface area (Å²) in [4.78, 5) is 0. The maximum absolute atomic E-state index is 10.4. The van der Waals surface area contributed by atoms with Crippen LogP contribution >= 0.6 is 0 Å². The lowest BCUT2D eigenvalue weighted by Gasteiger charge is -2.36. The van der Waals surface area contributed by atoms with E-state index in [0.717, 1.165) is 85.5 Å². The first kappa shape index (κ1) is 32.6. The Kier molecular flexibility index (Phi) is 10.4. The van der Waals surface area contributed by atoms with Gasteiger partial charge < -0.3 is 29.2 Å². The molecule has 0 unspecified atom stereocenters. The van der Waals surface area contributed by atoms with Crippen molar-refractivity contribution in [1.29, 1.82) is 0 Å². The molecule has 4 saturated carbocycles. The fraction of sp³-hybridized carbons (Fsp3) is 0.600. The molecule has 0 spiro atoms. The summed E-state index contributed by atoms with van der Waals surface area (Å²) in [6.07, 6.45) is 14.7. The van der Waals surface area contributed by atoms with Crippen molar-refractivity contribution >= 4 is 0 Å². The van der Waals surface area contributed by atoms with E-state index in [1.165, 1.54) is 25.7 Å². The molecule has 0 radical (unpaired) electrons. The summed E-state index contributed by atoms with van der Waals surface area (Å²) in [5.74, 6) is 16.8. The third kappa shape index (κ3) is 7.30. The van der Waals surface area contributed by atoms with Crippen molar-refractivity contribution in [1.82, 2.24) is 0 Å². The van der Waals surface area contributed by atoms with Crippen LogP contribution in [0.3, 0.4) is 0 Å². The molecule has 0 bridgehead atoms. The molecule has 0 heterocycles. The molecule has 4 aliphatic carbocycles. The maximum Gasteiger partial charge on any atom is 0.161 e. The molecule has 6 rings (SSSR count). The largest absolute Gasteiger partial charge is 0.493 e. The molecule has 6 heteroatoms. The molecule has 0 atom stereocenters. The lowest BCUT2D eigenvalue weighted by atomic mass is 9.68. The van der Waals surface area contributed by atoms with Gasteiger partial charge in [0.1, 0.15) is 0 Å². The van der Waals surface area contributed by atoms with Gasteiger partial charge in [-0.05, 0) is 150 Å². The summed E-state index contributed by atoms with van der Waals surface area (Å²) in [6, 6.07) is 12.4. The number of aliphatic hydroxyl groups excluding tert-OH is 2. The van der Waals surface area contributed by atoms with E-state index in [2.05, 4.69) is 47.9 Å². The van der Waals surface area contributed by atoms with E-state index in [0.29, 0.717) is 25.7 Å². The molecular formula is C40H50O6. The summed E-state index contributed by atoms with van der Waals surface area (Å²) in [6.45, 7) is 0. The first-order valence-corrected chi connectivity index (χ1v) is 17.5. The SMILES string of the molecule is COc1ccc(C2(C#CC#CC3(c4ccc(OC)c(OC5CCCC5)c4)CCC(O)CC3)CCC(O)CC2)cc1OC1CCCC1. The minimum Gasteiger partial charge on any atom is -0.493 e. The van der Waals surface area contributed by atoms with Gasteiger partial charge in [0.05, 0.1) is 49.5 Å². The molecule has 46 heavy (non-hydrogen) atoms. The van der Waals surface area contributed by atoms with Gasteiger partial charge in [0.25, 0.3) is 0 Å². The molecule has 2 aromatic carbocycles. The molecule has 2 aromatic rings. The predicted octanol–water partition coefficient (Wildman–Crippen LogP) is 7.40. The highest BCUT2D eigenvalue weighted by Gasteiger charge is 2.37. The lowest BCUT2D eigenvalue weighted by Crippen LogP contribution is -2.33. The summed E-state index contributed by atoms with van der Waals surface area (Å²) < 4.78 is 24.2. The Labute approximate surface area is 275 Å². The van der Waals surface area contributed by atoms with Crippen LogP contribution in [0, 0.1) is 23.7 Å². The standard InChI is InChI=1S/C40H50O6/c1-43-35-15-13-29(27-37(35)45-33-9-3-4-10-33)39(23-17-31(41)18-24-39)21-7-8-22-40(25-19-32(42)20-26-40)30-14-16-36(44-2)38(28-30)46-34-11-5-6-12-34/h13-16,27-28,31-34,41-42H,3-6,9-12,17-20,23-26H2,1-2H3. The first-order chi connectivity index (χ1) is 22.4. The number of aliphatic hydroxyl groups is 2. The number of rotatable bonds is 8. The maximum atomic E-state index is 10.4. The van der Waals surface area contributed by atoms with Gasteiger partial charge in [-0.1, -0.05) is 24.0 Å². The minimum atomic E-state index is -0.424. The van der Waals surface area contributed by atoms with E-state index in [4.69, 9.17) is 18.9 Å². The van der Waals surface area contributed by atoms with Gasteiger partial charge in [0.15, 0.2) is 23.0 Å². The molecule has 0 aromatic heterocycles. The molecular weight excluding hydrogens is 576 g/mol. The van der Waals surface area contributed by atoms with Crippen LogP contribution in [0.5, 0.6) is 23.0 Å². The summed E-state index contributed by atoms with van der Waals surface area (Å²) in [5, 5.41) is 20.9. The van der Waals surface area contributed by atoms with Crippen molar-refractivity contribution in [2.75, 3.05) is 14.2 Å². The topological polar surface area (TPSA) is 77.4 Å². The predicted molar refractivity (Wildman–Crippen MR) is 180 cm³/mol. The Balaban J connectivity index is 1.32. The van der Waals surface area contributed by atoms with Crippen molar-refractivity contribution in [2.45, 2.75) is 138 Å². The summed E-state index contributed by atoms with van der Waals surface area (Å²) in [7, 11) is 3.37. The van der Waals surface area contributed by atoms with Crippen LogP contribution in [0.25, 0.3) is 0 Å². The van der Waals surface area contributed by atoms with Gasteiger partial charge in [-0.3, -0.25) is 0 Å².